The molecule has 0 aliphatic carbocycles. The number of rotatable bonds is 3. The van der Waals surface area contributed by atoms with Gasteiger partial charge in [-0.25, -0.2) is 4.68 Å². The van der Waals surface area contributed by atoms with Crippen molar-refractivity contribution in [2.24, 2.45) is 0 Å². The molecule has 2 aromatic rings. The highest BCUT2D eigenvalue weighted by atomic mass is 79.9. The average Bonchev–Trinajstić information content (AvgIpc) is 2.65. The van der Waals surface area contributed by atoms with E-state index in [1.54, 1.807) is 4.68 Å². The van der Waals surface area contributed by atoms with Gasteiger partial charge in [0.25, 0.3) is 0 Å². The van der Waals surface area contributed by atoms with E-state index in [9.17, 15) is 0 Å². The molecule has 0 amide bonds. The smallest absolute Gasteiger partial charge is 0.122 e. The Morgan fingerprint density at radius 2 is 2.18 bits per heavy atom. The quantitative estimate of drug-likeness (QED) is 0.912. The van der Waals surface area contributed by atoms with Crippen LogP contribution in [0.15, 0.2) is 28.7 Å². The monoisotopic (exact) mass is 295 g/mol. The van der Waals surface area contributed by atoms with Gasteiger partial charge < -0.3 is 10.8 Å². The van der Waals surface area contributed by atoms with Crippen LogP contribution in [0.5, 0.6) is 0 Å². The topological polar surface area (TPSA) is 64.1 Å². The first kappa shape index (κ1) is 12.1. The predicted molar refractivity (Wildman–Crippen MR) is 71.6 cm³/mol. The standard InChI is InChI=1S/C12H14BrN3O/c1-8-2-3-9(6-10(8)13)11-7-12(14)16(15-11)4-5-17/h2-3,6-7,17H,4-5,14H2,1H3. The lowest BCUT2D eigenvalue weighted by molar-refractivity contribution is 0.270. The summed E-state index contributed by atoms with van der Waals surface area (Å²) >= 11 is 3.49. The number of nitrogens with zero attached hydrogens (tertiary/aromatic N) is 2. The lowest BCUT2D eigenvalue weighted by Gasteiger charge is -2.01. The van der Waals surface area contributed by atoms with Crippen LogP contribution in [0.3, 0.4) is 0 Å². The summed E-state index contributed by atoms with van der Waals surface area (Å²) < 4.78 is 2.65. The number of benzene rings is 1. The first-order valence-electron chi connectivity index (χ1n) is 5.32. The number of anilines is 1. The molecule has 0 unspecified atom stereocenters. The van der Waals surface area contributed by atoms with Gasteiger partial charge in [0.15, 0.2) is 0 Å². The Hall–Kier alpha value is -1.33. The van der Waals surface area contributed by atoms with Crippen molar-refractivity contribution in [3.63, 3.8) is 0 Å². The summed E-state index contributed by atoms with van der Waals surface area (Å²) in [6, 6.07) is 7.86. The Bertz CT molecular complexity index is 537. The van der Waals surface area contributed by atoms with E-state index in [1.165, 1.54) is 5.56 Å². The Morgan fingerprint density at radius 1 is 1.41 bits per heavy atom. The number of aliphatic hydroxyl groups excluding tert-OH is 1. The van der Waals surface area contributed by atoms with Crippen molar-refractivity contribution >= 4 is 21.7 Å². The third-order valence-electron chi connectivity index (χ3n) is 2.59. The van der Waals surface area contributed by atoms with Crippen LogP contribution in [0.1, 0.15) is 5.56 Å². The second kappa shape index (κ2) is 4.89. The van der Waals surface area contributed by atoms with E-state index >= 15 is 0 Å². The van der Waals surface area contributed by atoms with Crippen molar-refractivity contribution in [2.75, 3.05) is 12.3 Å². The number of aryl methyl sites for hydroxylation is 1. The van der Waals surface area contributed by atoms with Gasteiger partial charge in [-0.3, -0.25) is 0 Å². The molecule has 0 atom stereocenters. The number of halogens is 1. The van der Waals surface area contributed by atoms with E-state index in [1.807, 2.05) is 31.2 Å². The third kappa shape index (κ3) is 2.50. The maximum Gasteiger partial charge on any atom is 0.122 e. The molecule has 4 nitrogen and oxygen atoms in total. The molecular weight excluding hydrogens is 282 g/mol. The summed E-state index contributed by atoms with van der Waals surface area (Å²) in [5.41, 5.74) is 8.81. The molecule has 0 bridgehead atoms. The van der Waals surface area contributed by atoms with E-state index in [-0.39, 0.29) is 6.61 Å². The van der Waals surface area contributed by atoms with Gasteiger partial charge in [-0.15, -0.1) is 0 Å². The largest absolute Gasteiger partial charge is 0.394 e. The second-order valence-electron chi connectivity index (χ2n) is 3.87. The van der Waals surface area contributed by atoms with E-state index in [0.717, 1.165) is 15.7 Å². The van der Waals surface area contributed by atoms with Gasteiger partial charge in [0, 0.05) is 16.1 Å². The minimum absolute atomic E-state index is 0.0307. The van der Waals surface area contributed by atoms with Crippen LogP contribution < -0.4 is 5.73 Å². The number of nitrogen functional groups attached to an aromatic ring is 1. The Morgan fingerprint density at radius 3 is 2.82 bits per heavy atom. The van der Waals surface area contributed by atoms with Crippen LogP contribution in [-0.2, 0) is 6.54 Å². The molecule has 5 heteroatoms. The normalized spacial score (nSPS) is 10.8. The van der Waals surface area contributed by atoms with Crippen LogP contribution in [0.4, 0.5) is 5.82 Å². The lowest BCUT2D eigenvalue weighted by Crippen LogP contribution is -2.07. The molecule has 1 aromatic heterocycles. The van der Waals surface area contributed by atoms with Gasteiger partial charge in [-0.05, 0) is 18.6 Å². The Balaban J connectivity index is 2.39. The maximum absolute atomic E-state index is 8.88. The van der Waals surface area contributed by atoms with Gasteiger partial charge in [0.2, 0.25) is 0 Å². The molecule has 0 saturated heterocycles. The van der Waals surface area contributed by atoms with Crippen molar-refractivity contribution < 1.29 is 5.11 Å². The van der Waals surface area contributed by atoms with Gasteiger partial charge >= 0.3 is 0 Å². The number of aliphatic hydroxyl groups is 1. The second-order valence-corrected chi connectivity index (χ2v) is 4.72. The summed E-state index contributed by atoms with van der Waals surface area (Å²) in [6.07, 6.45) is 0. The summed E-state index contributed by atoms with van der Waals surface area (Å²) in [5.74, 6) is 0.561. The molecule has 3 N–H and O–H groups in total. The minimum atomic E-state index is 0.0307. The van der Waals surface area contributed by atoms with Crippen LogP contribution in [0.25, 0.3) is 11.3 Å². The zero-order valence-electron chi connectivity index (χ0n) is 9.52. The number of hydrogen-bond donors (Lipinski definition) is 2. The molecule has 0 spiro atoms. The molecule has 2 rings (SSSR count). The highest BCUT2D eigenvalue weighted by molar-refractivity contribution is 9.10. The highest BCUT2D eigenvalue weighted by Crippen LogP contribution is 2.25. The van der Waals surface area contributed by atoms with Crippen molar-refractivity contribution in [1.29, 1.82) is 0 Å². The van der Waals surface area contributed by atoms with E-state index < -0.39 is 0 Å². The van der Waals surface area contributed by atoms with Crippen LogP contribution in [-0.4, -0.2) is 21.5 Å². The molecule has 0 saturated carbocycles. The predicted octanol–water partition coefficient (Wildman–Crippen LogP) is 2.20. The summed E-state index contributed by atoms with van der Waals surface area (Å²) in [6.45, 7) is 2.48. The highest BCUT2D eigenvalue weighted by Gasteiger charge is 2.07. The van der Waals surface area contributed by atoms with Crippen LogP contribution in [0, 0.1) is 6.92 Å². The maximum atomic E-state index is 8.88. The zero-order chi connectivity index (χ0) is 12.4. The van der Waals surface area contributed by atoms with Crippen LogP contribution >= 0.6 is 15.9 Å². The first-order chi connectivity index (χ1) is 8.11. The summed E-state index contributed by atoms with van der Waals surface area (Å²) in [5, 5.41) is 13.2. The van der Waals surface area contributed by atoms with Gasteiger partial charge in [0.1, 0.15) is 5.82 Å². The molecule has 0 aliphatic rings. The molecule has 17 heavy (non-hydrogen) atoms. The molecule has 1 aromatic carbocycles. The van der Waals surface area contributed by atoms with E-state index in [0.29, 0.717) is 12.4 Å². The SMILES string of the molecule is Cc1ccc(-c2cc(N)n(CCO)n2)cc1Br. The number of hydrogen-bond acceptors (Lipinski definition) is 3. The summed E-state index contributed by atoms with van der Waals surface area (Å²) in [4.78, 5) is 0. The lowest BCUT2D eigenvalue weighted by atomic mass is 10.1. The van der Waals surface area contributed by atoms with Gasteiger partial charge in [-0.1, -0.05) is 28.1 Å². The molecular formula is C12H14BrN3O. The minimum Gasteiger partial charge on any atom is -0.394 e. The molecule has 90 valence electrons. The third-order valence-corrected chi connectivity index (χ3v) is 3.44. The molecule has 0 fully saturated rings. The van der Waals surface area contributed by atoms with Crippen molar-refractivity contribution in [3.05, 3.63) is 34.3 Å². The van der Waals surface area contributed by atoms with Crippen molar-refractivity contribution in [1.82, 2.24) is 9.78 Å². The van der Waals surface area contributed by atoms with E-state index in [2.05, 4.69) is 21.0 Å². The van der Waals surface area contributed by atoms with Gasteiger partial charge in [-0.2, -0.15) is 5.10 Å². The van der Waals surface area contributed by atoms with Crippen molar-refractivity contribution in [2.45, 2.75) is 13.5 Å². The van der Waals surface area contributed by atoms with E-state index in [4.69, 9.17) is 10.8 Å². The summed E-state index contributed by atoms with van der Waals surface area (Å²) in [7, 11) is 0. The number of aromatic nitrogens is 2. The molecule has 1 heterocycles. The van der Waals surface area contributed by atoms with Crippen LogP contribution in [0.2, 0.25) is 0 Å². The van der Waals surface area contributed by atoms with Gasteiger partial charge in [0.05, 0.1) is 18.8 Å². The zero-order valence-corrected chi connectivity index (χ0v) is 11.1. The molecule has 0 aliphatic heterocycles. The first-order valence-corrected chi connectivity index (χ1v) is 6.12. The Labute approximate surface area is 108 Å². The fraction of sp³-hybridized carbons (Fsp3) is 0.250. The molecule has 0 radical (unpaired) electrons. The number of nitrogens with two attached hydrogens (primary N) is 1. The fourth-order valence-electron chi connectivity index (χ4n) is 1.60. The van der Waals surface area contributed by atoms with Crippen molar-refractivity contribution in [3.8, 4) is 11.3 Å². The average molecular weight is 296 g/mol. The fourth-order valence-corrected chi connectivity index (χ4v) is 1.98. The Kier molecular flexibility index (Phi) is 3.49.